The third-order valence-corrected chi connectivity index (χ3v) is 6.00. The van der Waals surface area contributed by atoms with Crippen molar-refractivity contribution in [2.45, 2.75) is 30.2 Å². The minimum atomic E-state index is -3.51. The van der Waals surface area contributed by atoms with Crippen molar-refractivity contribution in [2.24, 2.45) is 0 Å². The zero-order chi connectivity index (χ0) is 19.3. The Morgan fingerprint density at radius 2 is 1.78 bits per heavy atom. The molecule has 2 aromatic rings. The van der Waals surface area contributed by atoms with Gasteiger partial charge in [-0.25, -0.2) is 13.1 Å². The van der Waals surface area contributed by atoms with Gasteiger partial charge in [-0.05, 0) is 49.1 Å². The number of hydrogen-bond donors (Lipinski definition) is 1. The van der Waals surface area contributed by atoms with Crippen molar-refractivity contribution < 1.29 is 13.2 Å². The van der Waals surface area contributed by atoms with E-state index < -0.39 is 10.0 Å². The lowest BCUT2D eigenvalue weighted by atomic mass is 10.1. The summed E-state index contributed by atoms with van der Waals surface area (Å²) in [6, 6.07) is 16.1. The van der Waals surface area contributed by atoms with Crippen LogP contribution in [0.25, 0.3) is 0 Å². The first-order valence-electron chi connectivity index (χ1n) is 9.06. The monoisotopic (exact) mass is 384 g/mol. The van der Waals surface area contributed by atoms with Crippen LogP contribution in [0.4, 0.5) is 0 Å². The van der Waals surface area contributed by atoms with Gasteiger partial charge in [0.2, 0.25) is 10.0 Å². The molecule has 5 nitrogen and oxygen atoms in total. The summed E-state index contributed by atoms with van der Waals surface area (Å²) < 4.78 is 27.1. The lowest BCUT2D eigenvalue weighted by Crippen LogP contribution is -2.33. The van der Waals surface area contributed by atoms with Crippen molar-refractivity contribution in [1.82, 2.24) is 9.62 Å². The summed E-state index contributed by atoms with van der Waals surface area (Å²) >= 11 is 0. The second-order valence-corrected chi connectivity index (χ2v) is 8.41. The van der Waals surface area contributed by atoms with Crippen molar-refractivity contribution in [1.29, 1.82) is 0 Å². The Bertz CT molecular complexity index is 889. The van der Waals surface area contributed by atoms with E-state index in [9.17, 15) is 13.2 Å². The molecule has 2 aromatic carbocycles. The molecule has 1 amide bonds. The molecule has 27 heavy (non-hydrogen) atoms. The molecular formula is C21H24N2O3S. The van der Waals surface area contributed by atoms with Gasteiger partial charge in [0.05, 0.1) is 4.90 Å². The molecule has 1 aliphatic rings. The van der Waals surface area contributed by atoms with Gasteiger partial charge in [-0.2, -0.15) is 0 Å². The maximum atomic E-state index is 12.8. The van der Waals surface area contributed by atoms with Gasteiger partial charge in [-0.15, -0.1) is 6.58 Å². The summed E-state index contributed by atoms with van der Waals surface area (Å²) in [5, 5.41) is 0. The molecule has 0 atom stereocenters. The number of sulfonamides is 1. The van der Waals surface area contributed by atoms with Crippen LogP contribution < -0.4 is 4.72 Å². The Hall–Kier alpha value is -2.44. The number of carbonyl (C=O) groups excluding carboxylic acids is 1. The van der Waals surface area contributed by atoms with Crippen LogP contribution in [0.3, 0.4) is 0 Å². The van der Waals surface area contributed by atoms with Crippen LogP contribution >= 0.6 is 0 Å². The van der Waals surface area contributed by atoms with Gasteiger partial charge in [-0.1, -0.05) is 36.4 Å². The first-order chi connectivity index (χ1) is 13.0. The van der Waals surface area contributed by atoms with E-state index in [0.29, 0.717) is 18.7 Å². The molecule has 1 saturated carbocycles. The van der Waals surface area contributed by atoms with Crippen LogP contribution in [0, 0.1) is 0 Å². The van der Waals surface area contributed by atoms with Crippen LogP contribution in [0.1, 0.15) is 28.8 Å². The van der Waals surface area contributed by atoms with Gasteiger partial charge < -0.3 is 4.90 Å². The molecule has 0 aliphatic heterocycles. The van der Waals surface area contributed by atoms with Gasteiger partial charge in [0.1, 0.15) is 0 Å². The molecule has 1 fully saturated rings. The Morgan fingerprint density at radius 1 is 1.11 bits per heavy atom. The first kappa shape index (κ1) is 19.3. The van der Waals surface area contributed by atoms with Gasteiger partial charge in [0, 0.05) is 24.7 Å². The zero-order valence-corrected chi connectivity index (χ0v) is 16.0. The van der Waals surface area contributed by atoms with Gasteiger partial charge in [-0.3, -0.25) is 4.79 Å². The summed E-state index contributed by atoms with van der Waals surface area (Å²) in [4.78, 5) is 14.7. The third kappa shape index (κ3) is 5.28. The van der Waals surface area contributed by atoms with Crippen molar-refractivity contribution in [2.75, 3.05) is 13.1 Å². The van der Waals surface area contributed by atoms with Crippen molar-refractivity contribution in [3.63, 3.8) is 0 Å². The maximum absolute atomic E-state index is 12.8. The Kier molecular flexibility index (Phi) is 6.08. The molecule has 142 valence electrons. The van der Waals surface area contributed by atoms with Gasteiger partial charge >= 0.3 is 0 Å². The molecule has 1 N–H and O–H groups in total. The van der Waals surface area contributed by atoms with Crippen LogP contribution in [0.5, 0.6) is 0 Å². The summed E-state index contributed by atoms with van der Waals surface area (Å²) in [5.41, 5.74) is 1.63. The number of benzene rings is 2. The number of amides is 1. The highest BCUT2D eigenvalue weighted by Gasteiger charge is 2.28. The number of rotatable bonds is 9. The van der Waals surface area contributed by atoms with Crippen LogP contribution in [0.2, 0.25) is 0 Å². The fourth-order valence-corrected chi connectivity index (χ4v) is 4.09. The number of hydrogen-bond acceptors (Lipinski definition) is 3. The number of nitrogens with one attached hydrogen (secondary N) is 1. The van der Waals surface area contributed by atoms with Crippen LogP contribution in [-0.2, 0) is 16.4 Å². The molecule has 0 bridgehead atoms. The average Bonchev–Trinajstić information content (AvgIpc) is 3.49. The van der Waals surface area contributed by atoms with E-state index >= 15 is 0 Å². The summed E-state index contributed by atoms with van der Waals surface area (Å²) in [7, 11) is -3.51. The highest BCUT2D eigenvalue weighted by molar-refractivity contribution is 7.89. The third-order valence-electron chi connectivity index (χ3n) is 4.46. The second kappa shape index (κ2) is 8.50. The van der Waals surface area contributed by atoms with E-state index in [0.717, 1.165) is 24.8 Å². The molecule has 0 unspecified atom stereocenters. The first-order valence-corrected chi connectivity index (χ1v) is 10.5. The smallest absolute Gasteiger partial charge is 0.254 e. The fourth-order valence-electron chi connectivity index (χ4n) is 2.79. The predicted octanol–water partition coefficient (Wildman–Crippen LogP) is 3.00. The Morgan fingerprint density at radius 3 is 2.37 bits per heavy atom. The SMILES string of the molecule is C=CCN(CCc1ccccc1)C(=O)c1ccc(S(=O)(=O)NC2CC2)cc1. The fraction of sp³-hybridized carbons (Fsp3) is 0.286. The standard InChI is InChI=1S/C21H24N2O3S/c1-2-15-23(16-14-17-6-4-3-5-7-17)21(24)18-8-12-20(13-9-18)27(25,26)22-19-10-11-19/h2-9,12-13,19,22H,1,10-11,14-16H2. The van der Waals surface area contributed by atoms with Crippen molar-refractivity contribution in [3.05, 3.63) is 78.4 Å². The van der Waals surface area contributed by atoms with Crippen molar-refractivity contribution >= 4 is 15.9 Å². The molecule has 1 aliphatic carbocycles. The molecule has 3 rings (SSSR count). The van der Waals surface area contributed by atoms with E-state index in [-0.39, 0.29) is 16.8 Å². The average molecular weight is 385 g/mol. The Balaban J connectivity index is 1.68. The molecule has 0 saturated heterocycles. The quantitative estimate of drug-likeness (QED) is 0.676. The molecule has 0 aromatic heterocycles. The lowest BCUT2D eigenvalue weighted by Gasteiger charge is -2.21. The summed E-state index contributed by atoms with van der Waals surface area (Å²) in [6.45, 7) is 4.74. The highest BCUT2D eigenvalue weighted by atomic mass is 32.2. The van der Waals surface area contributed by atoms with E-state index in [4.69, 9.17) is 0 Å². The zero-order valence-electron chi connectivity index (χ0n) is 15.2. The van der Waals surface area contributed by atoms with E-state index in [1.54, 1.807) is 23.1 Å². The number of nitrogens with zero attached hydrogens (tertiary/aromatic N) is 1. The predicted molar refractivity (Wildman–Crippen MR) is 106 cm³/mol. The minimum Gasteiger partial charge on any atom is -0.335 e. The van der Waals surface area contributed by atoms with Gasteiger partial charge in [0.25, 0.3) is 5.91 Å². The summed E-state index contributed by atoms with van der Waals surface area (Å²) in [6.07, 6.45) is 4.21. The molecule has 0 heterocycles. The lowest BCUT2D eigenvalue weighted by molar-refractivity contribution is 0.0775. The minimum absolute atomic E-state index is 0.0531. The molecule has 0 spiro atoms. The maximum Gasteiger partial charge on any atom is 0.254 e. The second-order valence-electron chi connectivity index (χ2n) is 6.70. The van der Waals surface area contributed by atoms with E-state index in [2.05, 4.69) is 11.3 Å². The van der Waals surface area contributed by atoms with Crippen molar-refractivity contribution in [3.8, 4) is 0 Å². The van der Waals surface area contributed by atoms with Crippen LogP contribution in [-0.4, -0.2) is 38.4 Å². The normalized spacial score (nSPS) is 13.9. The largest absolute Gasteiger partial charge is 0.335 e. The Labute approximate surface area is 160 Å². The van der Waals surface area contributed by atoms with E-state index in [1.807, 2.05) is 30.3 Å². The molecule has 6 heteroatoms. The number of carbonyl (C=O) groups is 1. The van der Waals surface area contributed by atoms with Gasteiger partial charge in [0.15, 0.2) is 0 Å². The van der Waals surface area contributed by atoms with Crippen LogP contribution in [0.15, 0.2) is 72.1 Å². The highest BCUT2D eigenvalue weighted by Crippen LogP contribution is 2.22. The topological polar surface area (TPSA) is 66.5 Å². The molecular weight excluding hydrogens is 360 g/mol. The molecule has 0 radical (unpaired) electrons. The van der Waals surface area contributed by atoms with E-state index in [1.165, 1.54) is 12.1 Å². The summed E-state index contributed by atoms with van der Waals surface area (Å²) in [5.74, 6) is -0.134.